The molecule has 46 heavy (non-hydrogen) atoms. The molecule has 5 rings (SSSR count). The Balaban J connectivity index is 1.39. The second-order valence-corrected chi connectivity index (χ2v) is 14.6. The van der Waals surface area contributed by atoms with Crippen LogP contribution in [0.3, 0.4) is 0 Å². The number of anilines is 1. The summed E-state index contributed by atoms with van der Waals surface area (Å²) in [5, 5.41) is 0. The molecule has 0 bridgehead atoms. The van der Waals surface area contributed by atoms with Crippen LogP contribution in [0.25, 0.3) is 0 Å². The number of likely N-dealkylation sites (tertiary alicyclic amines) is 1. The van der Waals surface area contributed by atoms with Gasteiger partial charge in [0, 0.05) is 36.8 Å². The molecule has 2 atom stereocenters. The van der Waals surface area contributed by atoms with Crippen molar-refractivity contribution in [3.05, 3.63) is 95.3 Å². The van der Waals surface area contributed by atoms with Crippen LogP contribution in [0.15, 0.2) is 72.8 Å². The van der Waals surface area contributed by atoms with Gasteiger partial charge in [0.05, 0.1) is 5.69 Å². The summed E-state index contributed by atoms with van der Waals surface area (Å²) >= 11 is 18.4. The van der Waals surface area contributed by atoms with Gasteiger partial charge < -0.3 is 14.5 Å². The summed E-state index contributed by atoms with van der Waals surface area (Å²) < 4.78 is 18.0. The van der Waals surface area contributed by atoms with Gasteiger partial charge in [-0.1, -0.05) is 77.6 Å². The normalized spacial score (nSPS) is 18.7. The predicted molar refractivity (Wildman–Crippen MR) is 183 cm³/mol. The number of carbonyl (C=O) groups excluding carboxylic acids is 2. The highest BCUT2D eigenvalue weighted by molar-refractivity contribution is 6.76. The molecule has 1 saturated heterocycles. The second-order valence-electron chi connectivity index (χ2n) is 12.3. The van der Waals surface area contributed by atoms with Gasteiger partial charge in [-0.2, -0.15) is 0 Å². The highest BCUT2D eigenvalue weighted by Crippen LogP contribution is 2.37. The van der Waals surface area contributed by atoms with Crippen LogP contribution < -0.4 is 9.64 Å². The number of amides is 2. The summed E-state index contributed by atoms with van der Waals surface area (Å²) in [5.74, 6) is -0.389. The second kappa shape index (κ2) is 15.8. The summed E-state index contributed by atoms with van der Waals surface area (Å²) in [7, 11) is 0. The van der Waals surface area contributed by atoms with Gasteiger partial charge in [0.1, 0.15) is 18.2 Å². The van der Waals surface area contributed by atoms with E-state index in [1.807, 2.05) is 55.5 Å². The zero-order valence-corrected chi connectivity index (χ0v) is 28.4. The van der Waals surface area contributed by atoms with Gasteiger partial charge in [-0.15, -0.1) is 0 Å². The van der Waals surface area contributed by atoms with E-state index < -0.39 is 15.5 Å². The third kappa shape index (κ3) is 8.94. The Labute approximate surface area is 286 Å². The van der Waals surface area contributed by atoms with Crippen molar-refractivity contribution in [2.24, 2.45) is 5.92 Å². The highest BCUT2D eigenvalue weighted by Gasteiger charge is 2.40. The average Bonchev–Trinajstić information content (AvgIpc) is 3.57. The minimum absolute atomic E-state index is 0.0590. The largest absolute Gasteiger partial charge is 0.492 e. The van der Waals surface area contributed by atoms with Gasteiger partial charge in [-0.3, -0.25) is 14.5 Å². The maximum atomic E-state index is 14.1. The van der Waals surface area contributed by atoms with Crippen LogP contribution in [0.5, 0.6) is 5.75 Å². The van der Waals surface area contributed by atoms with Crippen molar-refractivity contribution in [2.75, 3.05) is 37.7 Å². The van der Waals surface area contributed by atoms with Crippen LogP contribution in [-0.2, 0) is 11.3 Å². The molecule has 3 aromatic carbocycles. The quantitative estimate of drug-likeness (QED) is 0.191. The minimum atomic E-state index is -2.08. The summed E-state index contributed by atoms with van der Waals surface area (Å²) in [6, 6.07) is 20.9. The third-order valence-corrected chi connectivity index (χ3v) is 9.57. The molecule has 6 nitrogen and oxygen atoms in total. The summed E-state index contributed by atoms with van der Waals surface area (Å²) in [6.07, 6.45) is 5.57. The molecule has 10 heteroatoms. The van der Waals surface area contributed by atoms with Crippen LogP contribution in [-0.4, -0.2) is 64.2 Å². The number of nitrogens with zero attached hydrogens (tertiary/aromatic N) is 3. The molecule has 1 aliphatic carbocycles. The molecular weight excluding hydrogens is 648 g/mol. The monoisotopic (exact) mass is 687 g/mol. The molecule has 2 aliphatic rings. The minimum Gasteiger partial charge on any atom is -0.492 e. The lowest BCUT2D eigenvalue weighted by Gasteiger charge is -2.40. The van der Waals surface area contributed by atoms with Crippen molar-refractivity contribution in [1.29, 1.82) is 0 Å². The smallest absolute Gasteiger partial charge is 0.275 e. The fraction of sp³-hybridized carbons (Fsp3) is 0.444. The molecule has 1 saturated carbocycles. The SMILES string of the molecule is Cc1c(OCCN2CCCC2)cccc1N(C[C@H]1CCC[C@@H](N(Cc2ccccc2)C(=O)C(Cl)(Cl)Cl)C1)C(=O)c1ccc(F)cc1. The highest BCUT2D eigenvalue weighted by atomic mass is 35.6. The standard InChI is InChI=1S/C36H41Cl3FN3O3/c1-26-32(13-8-14-33(26)46-22-21-41-19-5-6-20-41)43(34(44)29-15-17-30(40)18-16-29)25-28-11-7-12-31(23-28)42(35(45)36(37,38)39)24-27-9-3-2-4-10-27/h2-4,8-10,13-18,28,31H,5-7,11-12,19-25H2,1H3/t28-,31+/m0/s1. The lowest BCUT2D eigenvalue weighted by molar-refractivity contribution is -0.134. The Hall–Kier alpha value is -2.84. The number of halogens is 4. The Morgan fingerprint density at radius 1 is 0.935 bits per heavy atom. The van der Waals surface area contributed by atoms with Gasteiger partial charge in [0.2, 0.25) is 0 Å². The number of hydrogen-bond donors (Lipinski definition) is 0. The first-order valence-electron chi connectivity index (χ1n) is 16.0. The lowest BCUT2D eigenvalue weighted by atomic mass is 9.84. The Bertz CT molecular complexity index is 1460. The fourth-order valence-corrected chi connectivity index (χ4v) is 6.99. The van der Waals surface area contributed by atoms with Crippen LogP contribution in [0, 0.1) is 18.7 Å². The molecule has 246 valence electrons. The molecule has 0 spiro atoms. The Kier molecular flexibility index (Phi) is 11.9. The van der Waals surface area contributed by atoms with Gasteiger partial charge in [0.15, 0.2) is 0 Å². The molecule has 1 heterocycles. The van der Waals surface area contributed by atoms with Crippen LogP contribution >= 0.6 is 34.8 Å². The van der Waals surface area contributed by atoms with E-state index in [1.54, 1.807) is 9.80 Å². The zero-order chi connectivity index (χ0) is 32.7. The van der Waals surface area contributed by atoms with E-state index in [4.69, 9.17) is 39.5 Å². The molecule has 0 N–H and O–H groups in total. The Morgan fingerprint density at radius 2 is 1.65 bits per heavy atom. The molecule has 3 aromatic rings. The van der Waals surface area contributed by atoms with E-state index in [2.05, 4.69) is 4.90 Å². The van der Waals surface area contributed by atoms with Crippen molar-refractivity contribution in [1.82, 2.24) is 9.80 Å². The van der Waals surface area contributed by atoms with E-state index >= 15 is 0 Å². The molecule has 2 fully saturated rings. The summed E-state index contributed by atoms with van der Waals surface area (Å²) in [5.41, 5.74) is 2.94. The van der Waals surface area contributed by atoms with Crippen molar-refractivity contribution in [3.8, 4) is 5.75 Å². The molecule has 0 aromatic heterocycles. The van der Waals surface area contributed by atoms with Gasteiger partial charge in [-0.25, -0.2) is 4.39 Å². The topological polar surface area (TPSA) is 53.1 Å². The number of benzene rings is 3. The van der Waals surface area contributed by atoms with Crippen molar-refractivity contribution >= 4 is 52.3 Å². The number of hydrogen-bond acceptors (Lipinski definition) is 4. The molecule has 0 radical (unpaired) electrons. The maximum absolute atomic E-state index is 14.1. The zero-order valence-electron chi connectivity index (χ0n) is 26.1. The molecular formula is C36H41Cl3FN3O3. The molecule has 1 aliphatic heterocycles. The van der Waals surface area contributed by atoms with Crippen LogP contribution in [0.1, 0.15) is 60.0 Å². The predicted octanol–water partition coefficient (Wildman–Crippen LogP) is 8.21. The van der Waals surface area contributed by atoms with E-state index in [0.29, 0.717) is 31.7 Å². The van der Waals surface area contributed by atoms with E-state index in [0.717, 1.165) is 61.5 Å². The fourth-order valence-electron chi connectivity index (χ4n) is 6.66. The molecule has 2 amide bonds. The van der Waals surface area contributed by atoms with Crippen molar-refractivity contribution in [3.63, 3.8) is 0 Å². The lowest BCUT2D eigenvalue weighted by Crippen LogP contribution is -2.48. The first-order chi connectivity index (χ1) is 22.1. The Morgan fingerprint density at radius 3 is 2.35 bits per heavy atom. The first kappa shape index (κ1) is 34.5. The number of ether oxygens (including phenoxy) is 1. The van der Waals surface area contributed by atoms with Crippen LogP contribution in [0.2, 0.25) is 0 Å². The van der Waals surface area contributed by atoms with Crippen molar-refractivity contribution < 1.29 is 18.7 Å². The third-order valence-electron chi connectivity index (χ3n) is 9.08. The van der Waals surface area contributed by atoms with Crippen LogP contribution in [0.4, 0.5) is 10.1 Å². The van der Waals surface area contributed by atoms with Gasteiger partial charge >= 0.3 is 0 Å². The average molecular weight is 689 g/mol. The first-order valence-corrected chi connectivity index (χ1v) is 17.2. The summed E-state index contributed by atoms with van der Waals surface area (Å²) in [6.45, 7) is 6.32. The maximum Gasteiger partial charge on any atom is 0.275 e. The molecule has 0 unspecified atom stereocenters. The summed E-state index contributed by atoms with van der Waals surface area (Å²) in [4.78, 5) is 33.4. The van der Waals surface area contributed by atoms with E-state index in [9.17, 15) is 14.0 Å². The number of carbonyl (C=O) groups is 2. The van der Waals surface area contributed by atoms with E-state index in [-0.39, 0.29) is 17.9 Å². The van der Waals surface area contributed by atoms with E-state index in [1.165, 1.54) is 37.1 Å². The van der Waals surface area contributed by atoms with Gasteiger partial charge in [-0.05, 0) is 100.0 Å². The van der Waals surface area contributed by atoms with Crippen molar-refractivity contribution in [2.45, 2.75) is 61.8 Å². The number of alkyl halides is 3. The van der Waals surface area contributed by atoms with Gasteiger partial charge in [0.25, 0.3) is 15.6 Å². The number of rotatable bonds is 11.